The van der Waals surface area contributed by atoms with Crippen molar-refractivity contribution in [1.29, 1.82) is 0 Å². The molecule has 5 heteroatoms. The number of nitrogens with two attached hydrogens (primary N) is 1. The fraction of sp³-hybridized carbons (Fsp3) is 0.636. The van der Waals surface area contributed by atoms with E-state index in [4.69, 9.17) is 5.84 Å². The Hall–Kier alpha value is -1.36. The SMILES string of the molecule is CCCc1nc(NN)cc(NC(C)CC)n1. The Morgan fingerprint density at radius 1 is 1.31 bits per heavy atom. The summed E-state index contributed by atoms with van der Waals surface area (Å²) >= 11 is 0. The molecule has 0 fully saturated rings. The van der Waals surface area contributed by atoms with Crippen LogP contribution in [0, 0.1) is 0 Å². The van der Waals surface area contributed by atoms with Gasteiger partial charge >= 0.3 is 0 Å². The van der Waals surface area contributed by atoms with Crippen LogP contribution < -0.4 is 16.6 Å². The van der Waals surface area contributed by atoms with Crippen molar-refractivity contribution >= 4 is 11.6 Å². The number of aromatic nitrogens is 2. The summed E-state index contributed by atoms with van der Waals surface area (Å²) in [5.74, 6) is 7.69. The Balaban J connectivity index is 2.85. The topological polar surface area (TPSA) is 75.9 Å². The molecule has 1 aromatic rings. The third kappa shape index (κ3) is 3.66. The zero-order valence-electron chi connectivity index (χ0n) is 10.2. The van der Waals surface area contributed by atoms with Crippen LogP contribution in [-0.2, 0) is 6.42 Å². The van der Waals surface area contributed by atoms with Gasteiger partial charge in [-0.2, -0.15) is 0 Å². The molecule has 1 heterocycles. The second-order valence-electron chi connectivity index (χ2n) is 3.90. The first-order valence-electron chi connectivity index (χ1n) is 5.80. The number of nitrogens with zero attached hydrogens (tertiary/aromatic N) is 2. The number of hydrogen-bond acceptors (Lipinski definition) is 5. The summed E-state index contributed by atoms with van der Waals surface area (Å²) in [4.78, 5) is 8.73. The molecule has 0 saturated carbocycles. The van der Waals surface area contributed by atoms with Crippen LogP contribution in [0.1, 0.15) is 39.4 Å². The van der Waals surface area contributed by atoms with Gasteiger partial charge < -0.3 is 10.7 Å². The molecule has 1 atom stereocenters. The van der Waals surface area contributed by atoms with E-state index < -0.39 is 0 Å². The molecule has 0 aliphatic heterocycles. The lowest BCUT2D eigenvalue weighted by Gasteiger charge is -2.13. The second kappa shape index (κ2) is 6.27. The van der Waals surface area contributed by atoms with Crippen molar-refractivity contribution in [2.75, 3.05) is 10.7 Å². The lowest BCUT2D eigenvalue weighted by molar-refractivity contribution is 0.752. The molecule has 5 nitrogen and oxygen atoms in total. The van der Waals surface area contributed by atoms with Gasteiger partial charge in [-0.05, 0) is 19.8 Å². The van der Waals surface area contributed by atoms with Gasteiger partial charge in [0.25, 0.3) is 0 Å². The predicted octanol–water partition coefficient (Wildman–Crippen LogP) is 1.93. The number of hydrogen-bond donors (Lipinski definition) is 3. The zero-order chi connectivity index (χ0) is 12.0. The third-order valence-electron chi connectivity index (χ3n) is 2.40. The number of aryl methyl sites for hydroxylation is 1. The zero-order valence-corrected chi connectivity index (χ0v) is 10.2. The van der Waals surface area contributed by atoms with Crippen LogP contribution >= 0.6 is 0 Å². The van der Waals surface area contributed by atoms with Gasteiger partial charge in [0.2, 0.25) is 0 Å². The summed E-state index contributed by atoms with van der Waals surface area (Å²) in [7, 11) is 0. The predicted molar refractivity (Wildman–Crippen MR) is 67.2 cm³/mol. The fourth-order valence-electron chi connectivity index (χ4n) is 1.33. The summed E-state index contributed by atoms with van der Waals surface area (Å²) in [6, 6.07) is 2.22. The van der Waals surface area contributed by atoms with Gasteiger partial charge in [-0.25, -0.2) is 15.8 Å². The van der Waals surface area contributed by atoms with E-state index in [-0.39, 0.29) is 0 Å². The standard InChI is InChI=1S/C11H21N5/c1-4-6-9-14-10(13-8(3)5-2)7-11(15-9)16-12/h7-8H,4-6,12H2,1-3H3,(H2,13,14,15,16). The average Bonchev–Trinajstić information content (AvgIpc) is 2.29. The van der Waals surface area contributed by atoms with Crippen molar-refractivity contribution < 1.29 is 0 Å². The van der Waals surface area contributed by atoms with Crippen molar-refractivity contribution in [2.45, 2.75) is 46.1 Å². The van der Waals surface area contributed by atoms with Crippen molar-refractivity contribution in [3.8, 4) is 0 Å². The molecule has 1 rings (SSSR count). The van der Waals surface area contributed by atoms with Crippen molar-refractivity contribution in [1.82, 2.24) is 9.97 Å². The van der Waals surface area contributed by atoms with Crippen LogP contribution in [-0.4, -0.2) is 16.0 Å². The molecule has 0 saturated heterocycles. The minimum absolute atomic E-state index is 0.398. The normalized spacial score (nSPS) is 12.2. The van der Waals surface area contributed by atoms with Crippen LogP contribution in [0.2, 0.25) is 0 Å². The average molecular weight is 223 g/mol. The van der Waals surface area contributed by atoms with Crippen LogP contribution in [0.3, 0.4) is 0 Å². The van der Waals surface area contributed by atoms with Crippen LogP contribution in [0.25, 0.3) is 0 Å². The lowest BCUT2D eigenvalue weighted by Crippen LogP contribution is -2.17. The molecule has 90 valence electrons. The quantitative estimate of drug-likeness (QED) is 0.507. The number of hydrazine groups is 1. The molecule has 4 N–H and O–H groups in total. The lowest BCUT2D eigenvalue weighted by atomic mass is 10.2. The van der Waals surface area contributed by atoms with Crippen LogP contribution in [0.4, 0.5) is 11.6 Å². The molecule has 0 aliphatic carbocycles. The van der Waals surface area contributed by atoms with Crippen molar-refractivity contribution in [3.63, 3.8) is 0 Å². The van der Waals surface area contributed by atoms with Crippen LogP contribution in [0.5, 0.6) is 0 Å². The number of rotatable bonds is 6. The van der Waals surface area contributed by atoms with Gasteiger partial charge in [-0.1, -0.05) is 13.8 Å². The van der Waals surface area contributed by atoms with E-state index in [0.717, 1.165) is 30.9 Å². The smallest absolute Gasteiger partial charge is 0.145 e. The fourth-order valence-corrected chi connectivity index (χ4v) is 1.33. The van der Waals surface area contributed by atoms with Gasteiger partial charge in [0.15, 0.2) is 0 Å². The summed E-state index contributed by atoms with van der Waals surface area (Å²) in [5, 5.41) is 3.32. The molecule has 0 amide bonds. The van der Waals surface area contributed by atoms with E-state index in [2.05, 4.69) is 41.5 Å². The Morgan fingerprint density at radius 2 is 2.00 bits per heavy atom. The minimum atomic E-state index is 0.398. The molecule has 16 heavy (non-hydrogen) atoms. The number of nitrogen functional groups attached to an aromatic ring is 1. The monoisotopic (exact) mass is 223 g/mol. The first-order chi connectivity index (χ1) is 7.69. The van der Waals surface area contributed by atoms with E-state index in [1.807, 2.05) is 6.07 Å². The van der Waals surface area contributed by atoms with E-state index >= 15 is 0 Å². The molecule has 0 spiro atoms. The Bertz CT molecular complexity index is 326. The highest BCUT2D eigenvalue weighted by atomic mass is 15.3. The van der Waals surface area contributed by atoms with E-state index in [1.165, 1.54) is 0 Å². The molecule has 1 aromatic heterocycles. The molecular formula is C11H21N5. The summed E-state index contributed by atoms with van der Waals surface area (Å²) < 4.78 is 0. The van der Waals surface area contributed by atoms with Gasteiger partial charge in [-0.3, -0.25) is 0 Å². The highest BCUT2D eigenvalue weighted by Crippen LogP contribution is 2.13. The molecule has 1 unspecified atom stereocenters. The second-order valence-corrected chi connectivity index (χ2v) is 3.90. The van der Waals surface area contributed by atoms with Gasteiger partial charge in [0, 0.05) is 18.5 Å². The highest BCUT2D eigenvalue weighted by molar-refractivity contribution is 5.47. The molecular weight excluding hydrogens is 202 g/mol. The molecule has 0 aromatic carbocycles. The first kappa shape index (κ1) is 12.7. The van der Waals surface area contributed by atoms with Gasteiger partial charge in [-0.15, -0.1) is 0 Å². The highest BCUT2D eigenvalue weighted by Gasteiger charge is 2.05. The Morgan fingerprint density at radius 3 is 2.56 bits per heavy atom. The number of nitrogens with one attached hydrogen (secondary N) is 2. The minimum Gasteiger partial charge on any atom is -0.367 e. The summed E-state index contributed by atoms with van der Waals surface area (Å²) in [6.07, 6.45) is 2.94. The largest absolute Gasteiger partial charge is 0.367 e. The Kier molecular flexibility index (Phi) is 4.98. The van der Waals surface area contributed by atoms with Gasteiger partial charge in [0.1, 0.15) is 17.5 Å². The van der Waals surface area contributed by atoms with Crippen molar-refractivity contribution in [2.24, 2.45) is 5.84 Å². The van der Waals surface area contributed by atoms with Crippen LogP contribution in [0.15, 0.2) is 6.07 Å². The third-order valence-corrected chi connectivity index (χ3v) is 2.40. The van der Waals surface area contributed by atoms with Crippen molar-refractivity contribution in [3.05, 3.63) is 11.9 Å². The van der Waals surface area contributed by atoms with E-state index in [0.29, 0.717) is 11.9 Å². The maximum absolute atomic E-state index is 5.38. The number of anilines is 2. The maximum atomic E-state index is 5.38. The van der Waals surface area contributed by atoms with E-state index in [1.54, 1.807) is 0 Å². The molecule has 0 bridgehead atoms. The first-order valence-corrected chi connectivity index (χ1v) is 5.80. The molecule has 0 radical (unpaired) electrons. The Labute approximate surface area is 96.8 Å². The molecule has 0 aliphatic rings. The summed E-state index contributed by atoms with van der Waals surface area (Å²) in [6.45, 7) is 6.36. The van der Waals surface area contributed by atoms with E-state index in [9.17, 15) is 0 Å². The maximum Gasteiger partial charge on any atom is 0.145 e. The summed E-state index contributed by atoms with van der Waals surface area (Å²) in [5.41, 5.74) is 2.57. The van der Waals surface area contributed by atoms with Gasteiger partial charge in [0.05, 0.1) is 0 Å².